The average molecular weight is 222 g/mol. The molecule has 0 aliphatic heterocycles. The van der Waals surface area contributed by atoms with E-state index >= 15 is 0 Å². The van der Waals surface area contributed by atoms with Crippen LogP contribution in [0.2, 0.25) is 0 Å². The van der Waals surface area contributed by atoms with Gasteiger partial charge in [0, 0.05) is 11.1 Å². The molecular weight excluding hydrogens is 200 g/mol. The lowest BCUT2D eigenvalue weighted by molar-refractivity contribution is 0.120. The SMILES string of the molecule is CCCCC(=C=C(C)C(C)(C)O)C#CCO. The molecule has 0 amide bonds. The maximum atomic E-state index is 9.78. The zero-order chi connectivity index (χ0) is 12.6. The van der Waals surface area contributed by atoms with E-state index in [2.05, 4.69) is 24.5 Å². The van der Waals surface area contributed by atoms with Crippen molar-refractivity contribution in [1.29, 1.82) is 0 Å². The second kappa shape index (κ2) is 7.30. The molecule has 0 saturated carbocycles. The molecular formula is C14H22O2. The summed E-state index contributed by atoms with van der Waals surface area (Å²) in [6.45, 7) is 7.27. The summed E-state index contributed by atoms with van der Waals surface area (Å²) in [6.07, 6.45) is 2.98. The lowest BCUT2D eigenvalue weighted by atomic mass is 9.99. The van der Waals surface area contributed by atoms with Crippen LogP contribution in [0, 0.1) is 11.8 Å². The minimum absolute atomic E-state index is 0.140. The molecule has 2 nitrogen and oxygen atoms in total. The van der Waals surface area contributed by atoms with Crippen LogP contribution in [0.1, 0.15) is 47.0 Å². The summed E-state index contributed by atoms with van der Waals surface area (Å²) in [5.41, 5.74) is 3.89. The smallest absolute Gasteiger partial charge is 0.104 e. The van der Waals surface area contributed by atoms with E-state index in [1.165, 1.54) is 0 Å². The van der Waals surface area contributed by atoms with Crippen LogP contribution in [0.3, 0.4) is 0 Å². The van der Waals surface area contributed by atoms with Gasteiger partial charge in [-0.25, -0.2) is 0 Å². The third-order valence-corrected chi connectivity index (χ3v) is 2.35. The maximum Gasteiger partial charge on any atom is 0.104 e. The Labute approximate surface area is 98.7 Å². The molecule has 0 aliphatic rings. The molecule has 0 radical (unpaired) electrons. The van der Waals surface area contributed by atoms with Crippen LogP contribution in [-0.4, -0.2) is 22.4 Å². The van der Waals surface area contributed by atoms with Crippen molar-refractivity contribution in [3.63, 3.8) is 0 Å². The van der Waals surface area contributed by atoms with Gasteiger partial charge in [0.05, 0.1) is 5.60 Å². The number of aliphatic hydroxyl groups excluding tert-OH is 1. The van der Waals surface area contributed by atoms with E-state index in [1.807, 2.05) is 6.92 Å². The first kappa shape index (κ1) is 15.0. The van der Waals surface area contributed by atoms with Crippen LogP contribution >= 0.6 is 0 Å². The Morgan fingerprint density at radius 3 is 2.38 bits per heavy atom. The van der Waals surface area contributed by atoms with Gasteiger partial charge < -0.3 is 10.2 Å². The second-order valence-corrected chi connectivity index (χ2v) is 4.35. The van der Waals surface area contributed by atoms with Crippen molar-refractivity contribution < 1.29 is 10.2 Å². The minimum atomic E-state index is -0.863. The number of hydrogen-bond donors (Lipinski definition) is 2. The second-order valence-electron chi connectivity index (χ2n) is 4.35. The Morgan fingerprint density at radius 2 is 1.94 bits per heavy atom. The molecule has 16 heavy (non-hydrogen) atoms. The van der Waals surface area contributed by atoms with Crippen LogP contribution in [0.15, 0.2) is 16.9 Å². The zero-order valence-corrected chi connectivity index (χ0v) is 10.7. The summed E-state index contributed by atoms with van der Waals surface area (Å²) >= 11 is 0. The third-order valence-electron chi connectivity index (χ3n) is 2.35. The summed E-state index contributed by atoms with van der Waals surface area (Å²) in [7, 11) is 0. The Kier molecular flexibility index (Phi) is 6.85. The number of rotatable bonds is 4. The van der Waals surface area contributed by atoms with Crippen molar-refractivity contribution >= 4 is 0 Å². The highest BCUT2D eigenvalue weighted by Crippen LogP contribution is 2.15. The topological polar surface area (TPSA) is 40.5 Å². The fraction of sp³-hybridized carbons (Fsp3) is 0.643. The van der Waals surface area contributed by atoms with Gasteiger partial charge in [-0.1, -0.05) is 25.2 Å². The largest absolute Gasteiger partial charge is 0.385 e. The Bertz CT molecular complexity index is 328. The first-order valence-electron chi connectivity index (χ1n) is 5.70. The third kappa shape index (κ3) is 6.48. The molecule has 0 aromatic heterocycles. The van der Waals surface area contributed by atoms with Crippen LogP contribution in [-0.2, 0) is 0 Å². The van der Waals surface area contributed by atoms with Gasteiger partial charge in [-0.05, 0) is 33.6 Å². The number of unbranched alkanes of at least 4 members (excludes halogenated alkanes) is 1. The Morgan fingerprint density at radius 1 is 1.31 bits per heavy atom. The van der Waals surface area contributed by atoms with Crippen LogP contribution in [0.5, 0.6) is 0 Å². The molecule has 90 valence electrons. The van der Waals surface area contributed by atoms with Gasteiger partial charge in [0.2, 0.25) is 0 Å². The van der Waals surface area contributed by atoms with Gasteiger partial charge >= 0.3 is 0 Å². The van der Waals surface area contributed by atoms with Crippen molar-refractivity contribution in [2.24, 2.45) is 0 Å². The summed E-state index contributed by atoms with van der Waals surface area (Å²) < 4.78 is 0. The molecule has 0 aromatic carbocycles. The predicted octanol–water partition coefficient (Wildman–Crippen LogP) is 2.41. The van der Waals surface area contributed by atoms with Gasteiger partial charge in [0.15, 0.2) is 0 Å². The van der Waals surface area contributed by atoms with E-state index in [-0.39, 0.29) is 6.61 Å². The zero-order valence-electron chi connectivity index (χ0n) is 10.7. The van der Waals surface area contributed by atoms with E-state index < -0.39 is 5.60 Å². The van der Waals surface area contributed by atoms with Crippen molar-refractivity contribution in [3.8, 4) is 11.8 Å². The van der Waals surface area contributed by atoms with Crippen LogP contribution < -0.4 is 0 Å². The van der Waals surface area contributed by atoms with Gasteiger partial charge in [-0.3, -0.25) is 0 Å². The molecule has 0 unspecified atom stereocenters. The first-order chi connectivity index (χ1) is 7.41. The summed E-state index contributed by atoms with van der Waals surface area (Å²) in [4.78, 5) is 0. The van der Waals surface area contributed by atoms with Crippen molar-refractivity contribution in [3.05, 3.63) is 16.9 Å². The highest BCUT2D eigenvalue weighted by molar-refractivity contribution is 5.30. The molecule has 0 aromatic rings. The van der Waals surface area contributed by atoms with Gasteiger partial charge in [-0.15, -0.1) is 5.73 Å². The molecule has 0 atom stereocenters. The Balaban J connectivity index is 5.07. The van der Waals surface area contributed by atoms with Crippen molar-refractivity contribution in [2.75, 3.05) is 6.61 Å². The van der Waals surface area contributed by atoms with Crippen molar-refractivity contribution in [2.45, 2.75) is 52.6 Å². The van der Waals surface area contributed by atoms with E-state index in [9.17, 15) is 5.11 Å². The molecule has 0 heterocycles. The highest BCUT2D eigenvalue weighted by Gasteiger charge is 2.14. The normalized spacial score (nSPS) is 10.1. The lowest BCUT2D eigenvalue weighted by Crippen LogP contribution is -2.19. The standard InChI is InChI=1S/C14H22O2/c1-5-6-8-13(9-7-10-15)11-12(2)14(3,4)16/h15-16H,5-6,8,10H2,1-4H3. The molecule has 0 spiro atoms. The number of aliphatic hydroxyl groups is 2. The fourth-order valence-electron chi connectivity index (χ4n) is 1.04. The minimum Gasteiger partial charge on any atom is -0.385 e. The quantitative estimate of drug-likeness (QED) is 0.566. The molecule has 0 aliphatic carbocycles. The summed E-state index contributed by atoms with van der Waals surface area (Å²) in [5.74, 6) is 5.51. The predicted molar refractivity (Wildman–Crippen MR) is 66.9 cm³/mol. The summed E-state index contributed by atoms with van der Waals surface area (Å²) in [5, 5.41) is 18.4. The maximum absolute atomic E-state index is 9.78. The molecule has 0 bridgehead atoms. The van der Waals surface area contributed by atoms with Crippen molar-refractivity contribution in [1.82, 2.24) is 0 Å². The van der Waals surface area contributed by atoms with Crippen LogP contribution in [0.25, 0.3) is 0 Å². The van der Waals surface area contributed by atoms with Gasteiger partial charge in [0.25, 0.3) is 0 Å². The molecule has 0 fully saturated rings. The van der Waals surface area contributed by atoms with E-state index in [0.29, 0.717) is 0 Å². The molecule has 0 rings (SSSR count). The number of hydrogen-bond acceptors (Lipinski definition) is 2. The van der Waals surface area contributed by atoms with E-state index in [0.717, 1.165) is 30.4 Å². The monoisotopic (exact) mass is 222 g/mol. The lowest BCUT2D eigenvalue weighted by Gasteiger charge is -2.15. The summed E-state index contributed by atoms with van der Waals surface area (Å²) in [6, 6.07) is 0. The van der Waals surface area contributed by atoms with Gasteiger partial charge in [-0.2, -0.15) is 0 Å². The first-order valence-corrected chi connectivity index (χ1v) is 5.70. The Hall–Kier alpha value is -1.00. The molecule has 2 N–H and O–H groups in total. The fourth-order valence-corrected chi connectivity index (χ4v) is 1.04. The van der Waals surface area contributed by atoms with E-state index in [1.54, 1.807) is 13.8 Å². The molecule has 0 saturated heterocycles. The van der Waals surface area contributed by atoms with E-state index in [4.69, 9.17) is 5.11 Å². The average Bonchev–Trinajstić information content (AvgIpc) is 2.20. The van der Waals surface area contributed by atoms with Crippen LogP contribution in [0.4, 0.5) is 0 Å². The van der Waals surface area contributed by atoms with Gasteiger partial charge in [0.1, 0.15) is 6.61 Å². The molecule has 2 heteroatoms. The highest BCUT2D eigenvalue weighted by atomic mass is 16.3.